The lowest BCUT2D eigenvalue weighted by Crippen LogP contribution is -2.21. The second-order valence-corrected chi connectivity index (χ2v) is 7.92. The van der Waals surface area contributed by atoms with Crippen molar-refractivity contribution in [2.24, 2.45) is 0 Å². The van der Waals surface area contributed by atoms with E-state index >= 15 is 0 Å². The second-order valence-electron chi connectivity index (χ2n) is 6.69. The van der Waals surface area contributed by atoms with Gasteiger partial charge in [-0.15, -0.1) is 11.3 Å². The number of amides is 1. The molecule has 0 aliphatic carbocycles. The molecular formula is C22H21N3O6S. The number of carbonyl (C=O) groups is 2. The van der Waals surface area contributed by atoms with Gasteiger partial charge in [-0.25, -0.2) is 4.79 Å². The van der Waals surface area contributed by atoms with E-state index in [1.807, 2.05) is 37.3 Å². The molecule has 0 fully saturated rings. The Hall–Kier alpha value is -3.79. The lowest BCUT2D eigenvalue weighted by molar-refractivity contribution is -0.390. The van der Waals surface area contributed by atoms with E-state index < -0.39 is 29.2 Å². The number of rotatable bonds is 8. The fourth-order valence-electron chi connectivity index (χ4n) is 3.06. The van der Waals surface area contributed by atoms with E-state index in [9.17, 15) is 19.7 Å². The number of nitrogens with zero attached hydrogens (tertiary/aromatic N) is 2. The van der Waals surface area contributed by atoms with Crippen molar-refractivity contribution in [3.63, 3.8) is 0 Å². The van der Waals surface area contributed by atoms with Crippen molar-refractivity contribution in [3.05, 3.63) is 68.7 Å². The normalized spacial score (nSPS) is 10.5. The Morgan fingerprint density at radius 2 is 1.88 bits per heavy atom. The van der Waals surface area contributed by atoms with E-state index in [-0.39, 0.29) is 17.9 Å². The maximum Gasteiger partial charge on any atom is 0.406 e. The Kier molecular flexibility index (Phi) is 7.16. The summed E-state index contributed by atoms with van der Waals surface area (Å²) in [6.07, 6.45) is 0. The van der Waals surface area contributed by atoms with Crippen LogP contribution in [-0.2, 0) is 9.53 Å². The predicted octanol–water partition coefficient (Wildman–Crippen LogP) is 4.53. The second kappa shape index (κ2) is 10.0. The Morgan fingerprint density at radius 1 is 1.16 bits per heavy atom. The van der Waals surface area contributed by atoms with Gasteiger partial charge in [0.2, 0.25) is 5.75 Å². The lowest BCUT2D eigenvalue weighted by Gasteiger charge is -2.10. The molecular weight excluding hydrogens is 434 g/mol. The van der Waals surface area contributed by atoms with Crippen molar-refractivity contribution in [1.82, 2.24) is 4.98 Å². The van der Waals surface area contributed by atoms with Gasteiger partial charge in [-0.1, -0.05) is 30.3 Å². The molecule has 3 rings (SSSR count). The first-order valence-corrected chi connectivity index (χ1v) is 10.5. The van der Waals surface area contributed by atoms with Gasteiger partial charge in [-0.05, 0) is 41.5 Å². The topological polar surface area (TPSA) is 121 Å². The number of esters is 1. The van der Waals surface area contributed by atoms with Gasteiger partial charge in [-0.3, -0.25) is 4.79 Å². The van der Waals surface area contributed by atoms with Gasteiger partial charge in [-0.2, -0.15) is 0 Å². The number of nitro groups is 1. The van der Waals surface area contributed by atoms with E-state index in [0.29, 0.717) is 16.3 Å². The number of aromatic nitrogens is 1. The molecule has 3 aromatic rings. The van der Waals surface area contributed by atoms with Gasteiger partial charge in [0.05, 0.1) is 6.61 Å². The number of hydrogen-bond donors (Lipinski definition) is 1. The maximum atomic E-state index is 12.7. The first-order chi connectivity index (χ1) is 15.3. The molecule has 0 aliphatic rings. The molecule has 9 nitrogen and oxygen atoms in total. The zero-order valence-electron chi connectivity index (χ0n) is 17.7. The van der Waals surface area contributed by atoms with Gasteiger partial charge < -0.3 is 24.9 Å². The Morgan fingerprint density at radius 3 is 2.53 bits per heavy atom. The molecule has 0 aliphatic heterocycles. The highest BCUT2D eigenvalue weighted by Gasteiger charge is 2.26. The molecule has 1 amide bonds. The molecule has 0 saturated carbocycles. The quantitative estimate of drug-likeness (QED) is 0.301. The third kappa shape index (κ3) is 5.09. The summed E-state index contributed by atoms with van der Waals surface area (Å²) < 4.78 is 10.5. The molecule has 0 saturated heterocycles. The number of thiophene rings is 1. The van der Waals surface area contributed by atoms with Crippen LogP contribution in [0.3, 0.4) is 0 Å². The smallest absolute Gasteiger partial charge is 0.406 e. The number of nitrogens with one attached hydrogen (secondary N) is 1. The Labute approximate surface area is 188 Å². The number of carbonyl (C=O) groups excluding carboxylic acids is 2. The van der Waals surface area contributed by atoms with Crippen LogP contribution in [0.1, 0.15) is 27.9 Å². The molecule has 1 N–H and O–H groups in total. The first-order valence-electron chi connectivity index (χ1n) is 9.72. The minimum atomic E-state index is -0.673. The van der Waals surface area contributed by atoms with Crippen LogP contribution in [0, 0.1) is 24.0 Å². The SMILES string of the molecule is CCOC(=O)c1c(NC(=O)COc2ccc(C)nc2[N+](=O)[O-])sc(C)c1-c1ccccc1. The molecule has 10 heteroatoms. The minimum absolute atomic E-state index is 0.117. The zero-order valence-corrected chi connectivity index (χ0v) is 18.5. The maximum absolute atomic E-state index is 12.7. The highest BCUT2D eigenvalue weighted by Crippen LogP contribution is 2.40. The molecule has 2 aromatic heterocycles. The predicted molar refractivity (Wildman–Crippen MR) is 120 cm³/mol. The van der Waals surface area contributed by atoms with Crippen LogP contribution < -0.4 is 10.1 Å². The summed E-state index contributed by atoms with van der Waals surface area (Å²) in [5, 5.41) is 14.2. The van der Waals surface area contributed by atoms with E-state index in [4.69, 9.17) is 9.47 Å². The van der Waals surface area contributed by atoms with Crippen LogP contribution in [0.15, 0.2) is 42.5 Å². The number of benzene rings is 1. The van der Waals surface area contributed by atoms with Crippen LogP contribution in [0.4, 0.5) is 10.8 Å². The zero-order chi connectivity index (χ0) is 23.3. The largest absolute Gasteiger partial charge is 0.476 e. The molecule has 0 radical (unpaired) electrons. The average molecular weight is 455 g/mol. The first kappa shape index (κ1) is 22.9. The molecule has 1 aromatic carbocycles. The molecule has 0 unspecified atom stereocenters. The number of hydrogen-bond acceptors (Lipinski definition) is 8. The highest BCUT2D eigenvalue weighted by atomic mass is 32.1. The average Bonchev–Trinajstić information content (AvgIpc) is 3.09. The third-order valence-electron chi connectivity index (χ3n) is 4.39. The van der Waals surface area contributed by atoms with Gasteiger partial charge >= 0.3 is 11.8 Å². The van der Waals surface area contributed by atoms with Crippen molar-refractivity contribution in [2.45, 2.75) is 20.8 Å². The van der Waals surface area contributed by atoms with Crippen LogP contribution in [-0.4, -0.2) is 35.0 Å². The number of ether oxygens (including phenoxy) is 2. The summed E-state index contributed by atoms with van der Waals surface area (Å²) in [4.78, 5) is 40.4. The molecule has 32 heavy (non-hydrogen) atoms. The summed E-state index contributed by atoms with van der Waals surface area (Å²) in [6.45, 7) is 4.86. The third-order valence-corrected chi connectivity index (χ3v) is 5.41. The number of anilines is 1. The van der Waals surface area contributed by atoms with Crippen molar-refractivity contribution in [2.75, 3.05) is 18.5 Å². The molecule has 0 bridgehead atoms. The van der Waals surface area contributed by atoms with Gasteiger partial charge in [0.25, 0.3) is 5.91 Å². The molecule has 0 spiro atoms. The van der Waals surface area contributed by atoms with E-state index in [1.165, 1.54) is 17.4 Å². The number of aryl methyl sites for hydroxylation is 2. The van der Waals surface area contributed by atoms with E-state index in [0.717, 1.165) is 10.4 Å². The highest BCUT2D eigenvalue weighted by molar-refractivity contribution is 7.17. The van der Waals surface area contributed by atoms with Gasteiger partial charge in [0, 0.05) is 17.4 Å². The summed E-state index contributed by atoms with van der Waals surface area (Å²) in [5.41, 5.74) is 2.22. The van der Waals surface area contributed by atoms with Gasteiger partial charge in [0.1, 0.15) is 16.3 Å². The van der Waals surface area contributed by atoms with Crippen molar-refractivity contribution in [1.29, 1.82) is 0 Å². The van der Waals surface area contributed by atoms with E-state index in [1.54, 1.807) is 19.9 Å². The lowest BCUT2D eigenvalue weighted by atomic mass is 10.0. The summed E-state index contributed by atoms with van der Waals surface area (Å²) >= 11 is 1.24. The van der Waals surface area contributed by atoms with Gasteiger partial charge in [0.15, 0.2) is 6.61 Å². The van der Waals surface area contributed by atoms with Crippen LogP contribution in [0.25, 0.3) is 11.1 Å². The van der Waals surface area contributed by atoms with Crippen molar-refractivity contribution in [3.8, 4) is 16.9 Å². The summed E-state index contributed by atoms with van der Waals surface area (Å²) in [6, 6.07) is 12.3. The van der Waals surface area contributed by atoms with Crippen molar-refractivity contribution >= 4 is 34.0 Å². The molecule has 166 valence electrons. The van der Waals surface area contributed by atoms with Crippen molar-refractivity contribution < 1.29 is 24.0 Å². The summed E-state index contributed by atoms with van der Waals surface area (Å²) in [5.74, 6) is -1.71. The molecule has 2 heterocycles. The van der Waals surface area contributed by atoms with Crippen LogP contribution in [0.5, 0.6) is 5.75 Å². The Balaban J connectivity index is 1.85. The van der Waals surface area contributed by atoms with Crippen LogP contribution in [0.2, 0.25) is 0 Å². The monoisotopic (exact) mass is 455 g/mol. The Bertz CT molecular complexity index is 1160. The van der Waals surface area contributed by atoms with Crippen LogP contribution >= 0.6 is 11.3 Å². The fraction of sp³-hybridized carbons (Fsp3) is 0.227. The fourth-order valence-corrected chi connectivity index (χ4v) is 4.14. The summed E-state index contributed by atoms with van der Waals surface area (Å²) in [7, 11) is 0. The van der Waals surface area contributed by atoms with E-state index in [2.05, 4.69) is 10.3 Å². The molecule has 0 atom stereocenters. The standard InChI is InChI=1S/C22H21N3O6S/c1-4-30-22(27)19-18(15-8-6-5-7-9-15)14(3)32-21(19)24-17(26)12-31-16-11-10-13(2)23-20(16)25(28)29/h5-11H,4,12H2,1-3H3,(H,24,26). The minimum Gasteiger partial charge on any atom is -0.476 e. The number of pyridine rings is 1.